The summed E-state index contributed by atoms with van der Waals surface area (Å²) in [4.78, 5) is 24.1. The number of rotatable bonds is 2. The minimum Gasteiger partial charge on any atom is -0.333 e. The number of amides is 1. The van der Waals surface area contributed by atoms with E-state index in [1.165, 1.54) is 0 Å². The van der Waals surface area contributed by atoms with Crippen LogP contribution in [0.15, 0.2) is 0 Å². The van der Waals surface area contributed by atoms with Gasteiger partial charge in [-0.25, -0.2) is 0 Å². The molecule has 1 heterocycles. The lowest BCUT2D eigenvalue weighted by atomic mass is 10.1. The molecule has 1 rings (SSSR count). The molecule has 0 aromatic carbocycles. The molecule has 0 saturated carbocycles. The second-order valence-electron chi connectivity index (χ2n) is 3.21. The first-order chi connectivity index (χ1) is 6.66. The zero-order valence-corrected chi connectivity index (χ0v) is 9.67. The molecule has 0 bridgehead atoms. The smallest absolute Gasteiger partial charge is 0.222 e. The lowest BCUT2D eigenvalue weighted by Gasteiger charge is -2.21. The van der Waals surface area contributed by atoms with E-state index < -0.39 is 0 Å². The molecule has 0 radical (unpaired) electrons. The van der Waals surface area contributed by atoms with Crippen LogP contribution in [-0.4, -0.2) is 29.2 Å². The van der Waals surface area contributed by atoms with Crippen LogP contribution in [0.3, 0.4) is 0 Å². The highest BCUT2D eigenvalue weighted by atomic mass is 16.2. The Bertz CT molecular complexity index is 201. The molecule has 0 N–H and O–H groups in total. The maximum atomic E-state index is 11.3. The van der Waals surface area contributed by atoms with E-state index >= 15 is 0 Å². The zero-order chi connectivity index (χ0) is 11.1. The Balaban J connectivity index is 0.000000791. The number of carbonyl (C=O) groups excluding carboxylic acids is 2. The Hall–Kier alpha value is -0.860. The number of hydrogen-bond acceptors (Lipinski definition) is 2. The van der Waals surface area contributed by atoms with Crippen molar-refractivity contribution in [2.45, 2.75) is 53.0 Å². The SMILES string of the molecule is CC.CCC(=O)N1CCCC1C(C)=O. The first-order valence-electron chi connectivity index (χ1n) is 5.46. The Labute approximate surface area is 86.5 Å². The van der Waals surface area contributed by atoms with Gasteiger partial charge in [0.05, 0.1) is 6.04 Å². The molecular formula is C11H21NO2. The largest absolute Gasteiger partial charge is 0.333 e. The molecule has 0 spiro atoms. The molecule has 14 heavy (non-hydrogen) atoms. The third-order valence-corrected chi connectivity index (χ3v) is 2.34. The van der Waals surface area contributed by atoms with Crippen molar-refractivity contribution in [3.8, 4) is 0 Å². The molecule has 3 nitrogen and oxygen atoms in total. The van der Waals surface area contributed by atoms with Gasteiger partial charge in [0.25, 0.3) is 0 Å². The maximum absolute atomic E-state index is 11.3. The van der Waals surface area contributed by atoms with Crippen LogP contribution in [0.2, 0.25) is 0 Å². The number of likely N-dealkylation sites (tertiary alicyclic amines) is 1. The predicted octanol–water partition coefficient (Wildman–Crippen LogP) is 2.00. The van der Waals surface area contributed by atoms with Crippen LogP contribution in [-0.2, 0) is 9.59 Å². The molecule has 1 fully saturated rings. The molecule has 1 atom stereocenters. The van der Waals surface area contributed by atoms with Crippen LogP contribution in [0.25, 0.3) is 0 Å². The van der Waals surface area contributed by atoms with Crippen molar-refractivity contribution in [2.75, 3.05) is 6.54 Å². The van der Waals surface area contributed by atoms with Crippen molar-refractivity contribution >= 4 is 11.7 Å². The van der Waals surface area contributed by atoms with Gasteiger partial charge in [-0.1, -0.05) is 20.8 Å². The summed E-state index contributed by atoms with van der Waals surface area (Å²) in [5.74, 6) is 0.224. The van der Waals surface area contributed by atoms with E-state index in [1.807, 2.05) is 20.8 Å². The van der Waals surface area contributed by atoms with E-state index in [0.717, 1.165) is 19.4 Å². The first kappa shape index (κ1) is 13.1. The third-order valence-electron chi connectivity index (χ3n) is 2.34. The van der Waals surface area contributed by atoms with Gasteiger partial charge in [-0.05, 0) is 19.8 Å². The predicted molar refractivity (Wildman–Crippen MR) is 57.1 cm³/mol. The summed E-state index contributed by atoms with van der Waals surface area (Å²) in [6.45, 7) is 8.15. The van der Waals surface area contributed by atoms with E-state index in [2.05, 4.69) is 0 Å². The molecular weight excluding hydrogens is 178 g/mol. The Morgan fingerprint density at radius 1 is 1.36 bits per heavy atom. The summed E-state index contributed by atoms with van der Waals surface area (Å²) >= 11 is 0. The van der Waals surface area contributed by atoms with Gasteiger partial charge in [-0.15, -0.1) is 0 Å². The van der Waals surface area contributed by atoms with Crippen molar-refractivity contribution in [1.29, 1.82) is 0 Å². The van der Waals surface area contributed by atoms with Crippen molar-refractivity contribution < 1.29 is 9.59 Å². The molecule has 1 saturated heterocycles. The summed E-state index contributed by atoms with van der Waals surface area (Å²) in [7, 11) is 0. The van der Waals surface area contributed by atoms with Gasteiger partial charge in [0, 0.05) is 13.0 Å². The standard InChI is InChI=1S/C9H15NO2.C2H6/c1-3-9(12)10-6-4-5-8(10)7(2)11;1-2/h8H,3-6H2,1-2H3;1-2H3. The molecule has 0 aromatic rings. The number of nitrogens with zero attached hydrogens (tertiary/aromatic N) is 1. The molecule has 1 unspecified atom stereocenters. The average Bonchev–Trinajstić information content (AvgIpc) is 2.68. The van der Waals surface area contributed by atoms with Gasteiger partial charge in [-0.3, -0.25) is 9.59 Å². The van der Waals surface area contributed by atoms with Gasteiger partial charge in [0.1, 0.15) is 0 Å². The minimum atomic E-state index is -0.127. The number of hydrogen-bond donors (Lipinski definition) is 0. The second kappa shape index (κ2) is 6.57. The monoisotopic (exact) mass is 199 g/mol. The van der Waals surface area contributed by atoms with Crippen molar-refractivity contribution in [3.05, 3.63) is 0 Å². The number of carbonyl (C=O) groups is 2. The first-order valence-corrected chi connectivity index (χ1v) is 5.46. The summed E-state index contributed by atoms with van der Waals surface area (Å²) in [5, 5.41) is 0. The molecule has 1 aliphatic heterocycles. The fourth-order valence-electron chi connectivity index (χ4n) is 1.69. The van der Waals surface area contributed by atoms with Crippen molar-refractivity contribution in [1.82, 2.24) is 4.90 Å². The minimum absolute atomic E-state index is 0.104. The van der Waals surface area contributed by atoms with Crippen LogP contribution >= 0.6 is 0 Å². The zero-order valence-electron chi connectivity index (χ0n) is 9.67. The van der Waals surface area contributed by atoms with Crippen LogP contribution in [0.4, 0.5) is 0 Å². The molecule has 3 heteroatoms. The molecule has 1 aliphatic rings. The highest BCUT2D eigenvalue weighted by Crippen LogP contribution is 2.18. The summed E-state index contributed by atoms with van der Waals surface area (Å²) in [6, 6.07) is -0.127. The fraction of sp³-hybridized carbons (Fsp3) is 0.818. The molecule has 1 amide bonds. The lowest BCUT2D eigenvalue weighted by Crippen LogP contribution is -2.39. The normalized spacial score (nSPS) is 20.0. The average molecular weight is 199 g/mol. The molecule has 0 aromatic heterocycles. The van der Waals surface area contributed by atoms with Crippen LogP contribution in [0, 0.1) is 0 Å². The van der Waals surface area contributed by atoms with Gasteiger partial charge in [0.15, 0.2) is 5.78 Å². The maximum Gasteiger partial charge on any atom is 0.222 e. The fourth-order valence-corrected chi connectivity index (χ4v) is 1.69. The topological polar surface area (TPSA) is 37.4 Å². The Morgan fingerprint density at radius 2 is 1.93 bits per heavy atom. The summed E-state index contributed by atoms with van der Waals surface area (Å²) in [5.41, 5.74) is 0. The Kier molecular flexibility index (Phi) is 6.17. The van der Waals surface area contributed by atoms with Gasteiger partial charge in [0.2, 0.25) is 5.91 Å². The second-order valence-corrected chi connectivity index (χ2v) is 3.21. The quantitative estimate of drug-likeness (QED) is 0.682. The van der Waals surface area contributed by atoms with Gasteiger partial charge >= 0.3 is 0 Å². The highest BCUT2D eigenvalue weighted by Gasteiger charge is 2.30. The van der Waals surface area contributed by atoms with E-state index in [0.29, 0.717) is 6.42 Å². The Morgan fingerprint density at radius 3 is 2.36 bits per heavy atom. The summed E-state index contributed by atoms with van der Waals surface area (Å²) < 4.78 is 0. The van der Waals surface area contributed by atoms with E-state index in [9.17, 15) is 9.59 Å². The third kappa shape index (κ3) is 3.13. The number of Topliss-reactive ketones (excluding diaryl/α,β-unsaturated/α-hetero) is 1. The van der Waals surface area contributed by atoms with Crippen molar-refractivity contribution in [3.63, 3.8) is 0 Å². The van der Waals surface area contributed by atoms with Gasteiger partial charge < -0.3 is 4.90 Å². The van der Waals surface area contributed by atoms with Crippen LogP contribution in [0.5, 0.6) is 0 Å². The highest BCUT2D eigenvalue weighted by molar-refractivity contribution is 5.87. The van der Waals surface area contributed by atoms with E-state index in [4.69, 9.17) is 0 Å². The number of ketones is 1. The molecule has 0 aliphatic carbocycles. The van der Waals surface area contributed by atoms with Crippen molar-refractivity contribution in [2.24, 2.45) is 0 Å². The van der Waals surface area contributed by atoms with E-state index in [-0.39, 0.29) is 17.7 Å². The van der Waals surface area contributed by atoms with Crippen LogP contribution < -0.4 is 0 Å². The van der Waals surface area contributed by atoms with E-state index in [1.54, 1.807) is 11.8 Å². The van der Waals surface area contributed by atoms with Crippen LogP contribution in [0.1, 0.15) is 47.0 Å². The molecule has 82 valence electrons. The lowest BCUT2D eigenvalue weighted by molar-refractivity contribution is -0.136. The van der Waals surface area contributed by atoms with Gasteiger partial charge in [-0.2, -0.15) is 0 Å². The summed E-state index contributed by atoms with van der Waals surface area (Å²) in [6.07, 6.45) is 2.32.